The number of anilines is 1. The van der Waals surface area contributed by atoms with Gasteiger partial charge in [-0.25, -0.2) is 0 Å². The van der Waals surface area contributed by atoms with E-state index in [2.05, 4.69) is 22.3 Å². The molecule has 4 rings (SSSR count). The summed E-state index contributed by atoms with van der Waals surface area (Å²) in [6, 6.07) is 23.7. The maximum Gasteiger partial charge on any atom is 0.228 e. The Kier molecular flexibility index (Phi) is 7.57. The van der Waals surface area contributed by atoms with E-state index in [0.29, 0.717) is 23.1 Å². The highest BCUT2D eigenvalue weighted by Crippen LogP contribution is 2.34. The predicted molar refractivity (Wildman–Crippen MR) is 130 cm³/mol. The summed E-state index contributed by atoms with van der Waals surface area (Å²) in [6.07, 6.45) is 1.85. The molecule has 0 saturated carbocycles. The molecule has 3 aromatic carbocycles. The fraction of sp³-hybridized carbons (Fsp3) is 0.240. The maximum atomic E-state index is 13.1. The molecule has 0 spiro atoms. The number of nitrogens with one attached hydrogen (secondary N) is 1. The fourth-order valence-electron chi connectivity index (χ4n) is 3.83. The molecule has 31 heavy (non-hydrogen) atoms. The Labute approximate surface area is 197 Å². The highest BCUT2D eigenvalue weighted by molar-refractivity contribution is 7.99. The van der Waals surface area contributed by atoms with E-state index >= 15 is 0 Å². The van der Waals surface area contributed by atoms with E-state index in [1.54, 1.807) is 11.8 Å². The van der Waals surface area contributed by atoms with Crippen molar-refractivity contribution in [3.8, 4) is 0 Å². The second kappa shape index (κ2) is 10.6. The minimum Gasteiger partial charge on any atom is -0.325 e. The van der Waals surface area contributed by atoms with Crippen molar-refractivity contribution in [3.05, 3.63) is 88.4 Å². The van der Waals surface area contributed by atoms with Crippen molar-refractivity contribution < 1.29 is 4.79 Å². The van der Waals surface area contributed by atoms with Crippen LogP contribution in [-0.2, 0) is 11.3 Å². The summed E-state index contributed by atoms with van der Waals surface area (Å²) in [7, 11) is 0. The van der Waals surface area contributed by atoms with Crippen LogP contribution in [0, 0.1) is 5.92 Å². The second-order valence-electron chi connectivity index (χ2n) is 7.68. The van der Waals surface area contributed by atoms with Crippen LogP contribution in [0.5, 0.6) is 0 Å². The van der Waals surface area contributed by atoms with E-state index in [4.69, 9.17) is 23.2 Å². The van der Waals surface area contributed by atoms with Crippen LogP contribution in [-0.4, -0.2) is 23.9 Å². The molecule has 0 aliphatic carbocycles. The van der Waals surface area contributed by atoms with Crippen molar-refractivity contribution in [1.29, 1.82) is 0 Å². The van der Waals surface area contributed by atoms with Crippen LogP contribution in [0.3, 0.4) is 0 Å². The zero-order valence-electron chi connectivity index (χ0n) is 17.1. The van der Waals surface area contributed by atoms with Crippen LogP contribution in [0.2, 0.25) is 10.0 Å². The lowest BCUT2D eigenvalue weighted by molar-refractivity contribution is -0.121. The minimum atomic E-state index is -0.0650. The lowest BCUT2D eigenvalue weighted by atomic mass is 9.96. The van der Waals surface area contributed by atoms with Gasteiger partial charge in [-0.1, -0.05) is 71.4 Å². The SMILES string of the molecule is O=C(Nc1ccccc1Sc1ccccc1)C1CCCN(Cc2c(Cl)cccc2Cl)C1. The molecule has 0 radical (unpaired) electrons. The number of benzene rings is 3. The Bertz CT molecular complexity index is 1020. The van der Waals surface area contributed by atoms with Crippen LogP contribution >= 0.6 is 35.0 Å². The van der Waals surface area contributed by atoms with Gasteiger partial charge in [-0.05, 0) is 55.8 Å². The normalized spacial score (nSPS) is 16.8. The van der Waals surface area contributed by atoms with E-state index in [-0.39, 0.29) is 11.8 Å². The van der Waals surface area contributed by atoms with Gasteiger partial charge >= 0.3 is 0 Å². The number of carbonyl (C=O) groups is 1. The molecule has 3 nitrogen and oxygen atoms in total. The Morgan fingerprint density at radius 2 is 1.68 bits per heavy atom. The summed E-state index contributed by atoms with van der Waals surface area (Å²) in [6.45, 7) is 2.29. The molecule has 1 amide bonds. The number of hydrogen-bond donors (Lipinski definition) is 1. The van der Waals surface area contributed by atoms with Crippen LogP contribution in [0.1, 0.15) is 18.4 Å². The third-order valence-electron chi connectivity index (χ3n) is 5.44. The molecule has 1 heterocycles. The van der Waals surface area contributed by atoms with Crippen molar-refractivity contribution in [3.63, 3.8) is 0 Å². The van der Waals surface area contributed by atoms with Gasteiger partial charge in [-0.15, -0.1) is 0 Å². The number of carbonyl (C=O) groups excluding carboxylic acids is 1. The van der Waals surface area contributed by atoms with Crippen LogP contribution in [0.4, 0.5) is 5.69 Å². The van der Waals surface area contributed by atoms with Gasteiger partial charge in [0.25, 0.3) is 0 Å². The highest BCUT2D eigenvalue weighted by atomic mass is 35.5. The van der Waals surface area contributed by atoms with Crippen molar-refractivity contribution in [2.75, 3.05) is 18.4 Å². The molecule has 1 aliphatic heterocycles. The average Bonchev–Trinajstić information content (AvgIpc) is 2.79. The molecule has 3 aromatic rings. The van der Waals surface area contributed by atoms with Crippen LogP contribution in [0.15, 0.2) is 82.6 Å². The molecule has 6 heteroatoms. The number of piperidine rings is 1. The lowest BCUT2D eigenvalue weighted by Gasteiger charge is -2.32. The number of halogens is 2. The standard InChI is InChI=1S/C25H24Cl2N2OS/c26-21-11-6-12-22(27)20(21)17-29-15-7-8-18(16-29)25(30)28-23-13-4-5-14-24(23)31-19-9-2-1-3-10-19/h1-6,9-14,18H,7-8,15-17H2,(H,28,30). The molecule has 1 aliphatic rings. The first-order valence-electron chi connectivity index (χ1n) is 10.4. The van der Waals surface area contributed by atoms with Gasteiger partial charge in [0.05, 0.1) is 11.6 Å². The van der Waals surface area contributed by atoms with Crippen molar-refractivity contribution in [2.45, 2.75) is 29.2 Å². The monoisotopic (exact) mass is 470 g/mol. The second-order valence-corrected chi connectivity index (χ2v) is 9.60. The summed E-state index contributed by atoms with van der Waals surface area (Å²) in [5, 5.41) is 4.51. The van der Waals surface area contributed by atoms with Gasteiger partial charge in [0, 0.05) is 38.5 Å². The smallest absolute Gasteiger partial charge is 0.228 e. The molecule has 1 unspecified atom stereocenters. The summed E-state index contributed by atoms with van der Waals surface area (Å²) >= 11 is 14.3. The van der Waals surface area contributed by atoms with Crippen molar-refractivity contribution in [1.82, 2.24) is 4.90 Å². The van der Waals surface area contributed by atoms with E-state index in [1.165, 1.54) is 0 Å². The maximum absolute atomic E-state index is 13.1. The molecule has 1 saturated heterocycles. The summed E-state index contributed by atoms with van der Waals surface area (Å²) in [4.78, 5) is 17.6. The zero-order valence-corrected chi connectivity index (χ0v) is 19.4. The van der Waals surface area contributed by atoms with E-state index in [0.717, 1.165) is 40.4 Å². The molecule has 0 aromatic heterocycles. The number of para-hydroxylation sites is 1. The number of rotatable bonds is 6. The highest BCUT2D eigenvalue weighted by Gasteiger charge is 2.27. The molecular weight excluding hydrogens is 447 g/mol. The van der Waals surface area contributed by atoms with E-state index in [1.807, 2.05) is 60.7 Å². The van der Waals surface area contributed by atoms with Crippen molar-refractivity contribution in [2.24, 2.45) is 5.92 Å². The lowest BCUT2D eigenvalue weighted by Crippen LogP contribution is -2.40. The molecule has 0 bridgehead atoms. The van der Waals surface area contributed by atoms with Crippen LogP contribution < -0.4 is 5.32 Å². The Morgan fingerprint density at radius 3 is 2.45 bits per heavy atom. The van der Waals surface area contributed by atoms with Gasteiger partial charge in [0.2, 0.25) is 5.91 Å². The largest absolute Gasteiger partial charge is 0.325 e. The topological polar surface area (TPSA) is 32.3 Å². The van der Waals surface area contributed by atoms with E-state index < -0.39 is 0 Å². The molecule has 1 fully saturated rings. The molecule has 160 valence electrons. The van der Waals surface area contributed by atoms with Gasteiger partial charge in [0.1, 0.15) is 0 Å². The summed E-state index contributed by atoms with van der Waals surface area (Å²) in [5.74, 6) is 0.000798. The third kappa shape index (κ3) is 5.83. The number of hydrogen-bond acceptors (Lipinski definition) is 3. The first-order chi connectivity index (χ1) is 15.1. The van der Waals surface area contributed by atoms with Crippen LogP contribution in [0.25, 0.3) is 0 Å². The average molecular weight is 471 g/mol. The van der Waals surface area contributed by atoms with Gasteiger partial charge in [-0.3, -0.25) is 9.69 Å². The first-order valence-corrected chi connectivity index (χ1v) is 12.0. The molecule has 1 N–H and O–H groups in total. The molecular formula is C25H24Cl2N2OS. The van der Waals surface area contributed by atoms with E-state index in [9.17, 15) is 4.79 Å². The first kappa shape index (κ1) is 22.2. The number of likely N-dealkylation sites (tertiary alicyclic amines) is 1. The summed E-state index contributed by atoms with van der Waals surface area (Å²) in [5.41, 5.74) is 1.78. The van der Waals surface area contributed by atoms with Gasteiger partial charge < -0.3 is 5.32 Å². The Hall–Kier alpha value is -1.98. The van der Waals surface area contributed by atoms with Gasteiger partial charge in [0.15, 0.2) is 0 Å². The Morgan fingerprint density at radius 1 is 0.968 bits per heavy atom. The van der Waals surface area contributed by atoms with Crippen molar-refractivity contribution >= 4 is 46.6 Å². The summed E-state index contributed by atoms with van der Waals surface area (Å²) < 4.78 is 0. The number of nitrogens with zero attached hydrogens (tertiary/aromatic N) is 1. The number of amides is 1. The Balaban J connectivity index is 1.42. The minimum absolute atomic E-state index is 0.0650. The third-order valence-corrected chi connectivity index (χ3v) is 7.23. The predicted octanol–water partition coefficient (Wildman–Crippen LogP) is 7.00. The van der Waals surface area contributed by atoms with Gasteiger partial charge in [-0.2, -0.15) is 0 Å². The molecule has 1 atom stereocenters. The quantitative estimate of drug-likeness (QED) is 0.420. The zero-order chi connectivity index (χ0) is 21.6. The fourth-order valence-corrected chi connectivity index (χ4v) is 5.27.